The zero-order valence-electron chi connectivity index (χ0n) is 10.6. The molecule has 1 aliphatic rings. The molecule has 3 rings (SSSR count). The molecule has 1 aliphatic heterocycles. The fourth-order valence-electron chi connectivity index (χ4n) is 2.32. The molecule has 100 valence electrons. The molecule has 0 aliphatic carbocycles. The van der Waals surface area contributed by atoms with E-state index < -0.39 is 0 Å². The van der Waals surface area contributed by atoms with E-state index in [-0.39, 0.29) is 12.1 Å². The van der Waals surface area contributed by atoms with Crippen molar-refractivity contribution < 1.29 is 9.63 Å². The Hall–Kier alpha value is -1.72. The van der Waals surface area contributed by atoms with Crippen LogP contribution in [0.5, 0.6) is 0 Å². The lowest BCUT2D eigenvalue weighted by Gasteiger charge is -2.01. The molecule has 1 aromatic heterocycles. The van der Waals surface area contributed by atoms with Crippen LogP contribution >= 0.6 is 0 Å². The van der Waals surface area contributed by atoms with Gasteiger partial charge < -0.3 is 14.9 Å². The molecule has 5 nitrogen and oxygen atoms in total. The van der Waals surface area contributed by atoms with E-state index in [1.54, 1.807) is 0 Å². The molecule has 0 amide bonds. The molecular formula is C14H17N3O2. The maximum Gasteiger partial charge on any atom is 0.243 e. The van der Waals surface area contributed by atoms with Crippen molar-refractivity contribution in [3.8, 4) is 0 Å². The standard InChI is InChI=1S/C14H17N3O2/c18-11-8-12(15-9-11)14-16-13(17-19-14)7-6-10-4-2-1-3-5-10/h1-5,11-12,15,18H,6-9H2/t11-,12-/m0/s1. The first kappa shape index (κ1) is 12.3. The Bertz CT molecular complexity index is 526. The summed E-state index contributed by atoms with van der Waals surface area (Å²) in [5.41, 5.74) is 1.27. The summed E-state index contributed by atoms with van der Waals surface area (Å²) < 4.78 is 5.25. The number of nitrogens with zero attached hydrogens (tertiary/aromatic N) is 2. The fraction of sp³-hybridized carbons (Fsp3) is 0.429. The number of β-amino-alcohol motifs (C(OH)–C–C–N with tert-alkyl or cyclic N) is 1. The van der Waals surface area contributed by atoms with Gasteiger partial charge in [0.1, 0.15) is 0 Å². The number of hydrogen-bond donors (Lipinski definition) is 2. The molecule has 2 aromatic rings. The smallest absolute Gasteiger partial charge is 0.243 e. The van der Waals surface area contributed by atoms with Crippen molar-refractivity contribution in [1.29, 1.82) is 0 Å². The summed E-state index contributed by atoms with van der Waals surface area (Å²) in [4.78, 5) is 4.39. The Morgan fingerprint density at radius 2 is 2.11 bits per heavy atom. The predicted molar refractivity (Wildman–Crippen MR) is 69.5 cm³/mol. The van der Waals surface area contributed by atoms with Crippen molar-refractivity contribution in [1.82, 2.24) is 15.5 Å². The third kappa shape index (κ3) is 3.00. The molecule has 1 aromatic carbocycles. The van der Waals surface area contributed by atoms with Crippen LogP contribution in [0.15, 0.2) is 34.9 Å². The van der Waals surface area contributed by atoms with Crippen LogP contribution in [0.4, 0.5) is 0 Å². The van der Waals surface area contributed by atoms with Crippen LogP contribution in [-0.2, 0) is 12.8 Å². The lowest BCUT2D eigenvalue weighted by atomic mass is 10.1. The molecule has 0 unspecified atom stereocenters. The van der Waals surface area contributed by atoms with Gasteiger partial charge in [0.05, 0.1) is 12.1 Å². The number of aryl methyl sites for hydroxylation is 2. The van der Waals surface area contributed by atoms with Crippen molar-refractivity contribution in [2.24, 2.45) is 0 Å². The first-order valence-electron chi connectivity index (χ1n) is 6.59. The van der Waals surface area contributed by atoms with Crippen LogP contribution in [0.25, 0.3) is 0 Å². The van der Waals surface area contributed by atoms with E-state index in [4.69, 9.17) is 4.52 Å². The van der Waals surface area contributed by atoms with Gasteiger partial charge in [0, 0.05) is 13.0 Å². The van der Waals surface area contributed by atoms with Gasteiger partial charge in [-0.15, -0.1) is 0 Å². The molecule has 0 bridgehead atoms. The van der Waals surface area contributed by atoms with E-state index in [0.717, 1.165) is 18.7 Å². The second-order valence-electron chi connectivity index (χ2n) is 4.88. The summed E-state index contributed by atoms with van der Waals surface area (Å²) in [6.45, 7) is 0.590. The molecule has 2 N–H and O–H groups in total. The Morgan fingerprint density at radius 1 is 1.26 bits per heavy atom. The van der Waals surface area contributed by atoms with Gasteiger partial charge in [-0.1, -0.05) is 35.5 Å². The van der Waals surface area contributed by atoms with Gasteiger partial charge in [-0.2, -0.15) is 4.98 Å². The molecular weight excluding hydrogens is 242 g/mol. The fourth-order valence-corrected chi connectivity index (χ4v) is 2.32. The van der Waals surface area contributed by atoms with Crippen molar-refractivity contribution >= 4 is 0 Å². The van der Waals surface area contributed by atoms with Gasteiger partial charge in [-0.25, -0.2) is 0 Å². The molecule has 19 heavy (non-hydrogen) atoms. The summed E-state index contributed by atoms with van der Waals surface area (Å²) in [5.74, 6) is 1.31. The first-order chi connectivity index (χ1) is 9.31. The van der Waals surface area contributed by atoms with Crippen molar-refractivity contribution in [2.75, 3.05) is 6.54 Å². The highest BCUT2D eigenvalue weighted by Gasteiger charge is 2.27. The van der Waals surface area contributed by atoms with Crippen LogP contribution in [0.1, 0.15) is 29.7 Å². The minimum Gasteiger partial charge on any atom is -0.392 e. The van der Waals surface area contributed by atoms with Gasteiger partial charge in [0.15, 0.2) is 5.82 Å². The lowest BCUT2D eigenvalue weighted by Crippen LogP contribution is -2.15. The van der Waals surface area contributed by atoms with Crippen molar-refractivity contribution in [3.05, 3.63) is 47.6 Å². The molecule has 2 atom stereocenters. The minimum atomic E-state index is -0.315. The maximum atomic E-state index is 9.47. The van der Waals surface area contributed by atoms with E-state index in [1.807, 2.05) is 18.2 Å². The highest BCUT2D eigenvalue weighted by atomic mass is 16.5. The van der Waals surface area contributed by atoms with Crippen LogP contribution < -0.4 is 5.32 Å². The zero-order chi connectivity index (χ0) is 13.1. The van der Waals surface area contributed by atoms with E-state index in [0.29, 0.717) is 18.9 Å². The van der Waals surface area contributed by atoms with Gasteiger partial charge in [-0.3, -0.25) is 0 Å². The van der Waals surface area contributed by atoms with Crippen LogP contribution in [0.3, 0.4) is 0 Å². The topological polar surface area (TPSA) is 71.2 Å². The normalized spacial score (nSPS) is 22.8. The highest BCUT2D eigenvalue weighted by Crippen LogP contribution is 2.21. The van der Waals surface area contributed by atoms with Gasteiger partial charge in [0.2, 0.25) is 5.89 Å². The number of aliphatic hydroxyl groups excluding tert-OH is 1. The average Bonchev–Trinajstić information content (AvgIpc) is 3.06. The van der Waals surface area contributed by atoms with Crippen molar-refractivity contribution in [2.45, 2.75) is 31.4 Å². The van der Waals surface area contributed by atoms with Crippen LogP contribution in [0.2, 0.25) is 0 Å². The lowest BCUT2D eigenvalue weighted by molar-refractivity contribution is 0.191. The zero-order valence-corrected chi connectivity index (χ0v) is 10.6. The largest absolute Gasteiger partial charge is 0.392 e. The second-order valence-corrected chi connectivity index (χ2v) is 4.88. The average molecular weight is 259 g/mol. The Balaban J connectivity index is 1.59. The Morgan fingerprint density at radius 3 is 2.84 bits per heavy atom. The van der Waals surface area contributed by atoms with Crippen molar-refractivity contribution in [3.63, 3.8) is 0 Å². The number of rotatable bonds is 4. The monoisotopic (exact) mass is 259 g/mol. The summed E-state index contributed by atoms with van der Waals surface area (Å²) in [6.07, 6.45) is 1.99. The van der Waals surface area contributed by atoms with E-state index >= 15 is 0 Å². The third-order valence-electron chi connectivity index (χ3n) is 3.37. The number of benzene rings is 1. The molecule has 5 heteroatoms. The van der Waals surface area contributed by atoms with E-state index in [9.17, 15) is 5.11 Å². The third-order valence-corrected chi connectivity index (χ3v) is 3.37. The Kier molecular flexibility index (Phi) is 3.57. The molecule has 2 heterocycles. The number of hydrogen-bond acceptors (Lipinski definition) is 5. The molecule has 0 spiro atoms. The summed E-state index contributed by atoms with van der Waals surface area (Å²) in [7, 11) is 0. The van der Waals surface area contributed by atoms with Crippen LogP contribution in [0, 0.1) is 0 Å². The maximum absolute atomic E-state index is 9.47. The first-order valence-corrected chi connectivity index (χ1v) is 6.59. The molecule has 0 radical (unpaired) electrons. The summed E-state index contributed by atoms with van der Waals surface area (Å²) >= 11 is 0. The number of aromatic nitrogens is 2. The second kappa shape index (κ2) is 5.50. The van der Waals surface area contributed by atoms with Gasteiger partial charge >= 0.3 is 0 Å². The summed E-state index contributed by atoms with van der Waals surface area (Å²) in [6, 6.07) is 10.2. The SMILES string of the molecule is O[C@@H]1CN[C@H](c2nc(CCc3ccccc3)no2)C1. The molecule has 1 saturated heterocycles. The number of aliphatic hydroxyl groups is 1. The summed E-state index contributed by atoms with van der Waals surface area (Å²) in [5, 5.41) is 16.6. The molecule has 0 saturated carbocycles. The predicted octanol–water partition coefficient (Wildman–Crippen LogP) is 1.25. The quantitative estimate of drug-likeness (QED) is 0.864. The van der Waals surface area contributed by atoms with E-state index in [1.165, 1.54) is 5.56 Å². The highest BCUT2D eigenvalue weighted by molar-refractivity contribution is 5.15. The number of nitrogens with one attached hydrogen (secondary N) is 1. The van der Waals surface area contributed by atoms with Gasteiger partial charge in [0.25, 0.3) is 0 Å². The molecule has 1 fully saturated rings. The Labute approximate surface area is 111 Å². The van der Waals surface area contributed by atoms with E-state index in [2.05, 4.69) is 27.6 Å². The van der Waals surface area contributed by atoms with Crippen LogP contribution in [-0.4, -0.2) is 27.9 Å². The minimum absolute atomic E-state index is 0.00650. The van der Waals surface area contributed by atoms with Gasteiger partial charge in [-0.05, 0) is 18.4 Å².